The molecule has 0 aromatic heterocycles. The van der Waals surface area contributed by atoms with Crippen LogP contribution in [0.5, 0.6) is 0 Å². The fourth-order valence-electron chi connectivity index (χ4n) is 2.30. The Morgan fingerprint density at radius 3 is 2.44 bits per heavy atom. The van der Waals surface area contributed by atoms with Crippen molar-refractivity contribution < 1.29 is 24.5 Å². The van der Waals surface area contributed by atoms with Gasteiger partial charge in [0.1, 0.15) is 17.4 Å². The maximum Gasteiger partial charge on any atom is 0.241 e. The number of carboxylic acid groups (broad SMARTS) is 1. The molecule has 0 aliphatic carbocycles. The number of aliphatic carboxylic acids is 1. The van der Waals surface area contributed by atoms with E-state index in [1.165, 1.54) is 6.92 Å². The molecule has 2 rings (SSSR count). The summed E-state index contributed by atoms with van der Waals surface area (Å²) < 4.78 is 5.55. The molecule has 0 saturated carbocycles. The largest absolute Gasteiger partial charge is 0.543 e. The van der Waals surface area contributed by atoms with Crippen molar-refractivity contribution in [2.45, 2.75) is 40.0 Å². The summed E-state index contributed by atoms with van der Waals surface area (Å²) in [6.45, 7) is 6.86. The van der Waals surface area contributed by atoms with E-state index in [-0.39, 0.29) is 11.5 Å². The zero-order chi connectivity index (χ0) is 13.8. The first kappa shape index (κ1) is 12.9. The Labute approximate surface area is 105 Å². The highest BCUT2D eigenvalue weighted by Crippen LogP contribution is 2.46. The Morgan fingerprint density at radius 2 is 2.06 bits per heavy atom. The number of hydrogen-bond acceptors (Lipinski definition) is 5. The molecule has 0 unspecified atom stereocenters. The van der Waals surface area contributed by atoms with Gasteiger partial charge in [-0.25, -0.2) is 0 Å². The van der Waals surface area contributed by atoms with Crippen LogP contribution in [-0.4, -0.2) is 34.2 Å². The Kier molecular flexibility index (Phi) is 2.66. The minimum Gasteiger partial charge on any atom is -0.543 e. The van der Waals surface area contributed by atoms with Crippen molar-refractivity contribution >= 4 is 11.9 Å². The molecule has 0 aromatic rings. The molecule has 6 heteroatoms. The molecule has 6 nitrogen and oxygen atoms in total. The van der Waals surface area contributed by atoms with Gasteiger partial charge in [0.2, 0.25) is 5.91 Å². The zero-order valence-electron chi connectivity index (χ0n) is 10.8. The van der Waals surface area contributed by atoms with E-state index in [0.29, 0.717) is 0 Å². The van der Waals surface area contributed by atoms with Crippen LogP contribution in [0.3, 0.4) is 0 Å². The van der Waals surface area contributed by atoms with Crippen molar-refractivity contribution in [2.75, 3.05) is 0 Å². The highest BCUT2D eigenvalue weighted by atomic mass is 16.5. The average molecular weight is 254 g/mol. The molecule has 2 aliphatic rings. The number of rotatable bonds is 2. The van der Waals surface area contributed by atoms with Crippen molar-refractivity contribution in [2.24, 2.45) is 11.3 Å². The van der Waals surface area contributed by atoms with Gasteiger partial charge in [0.25, 0.3) is 0 Å². The molecule has 0 aromatic carbocycles. The van der Waals surface area contributed by atoms with Gasteiger partial charge in [-0.15, -0.1) is 0 Å². The van der Waals surface area contributed by atoms with Gasteiger partial charge >= 0.3 is 0 Å². The smallest absolute Gasteiger partial charge is 0.241 e. The molecule has 0 radical (unpaired) electrons. The maximum atomic E-state index is 11.8. The van der Waals surface area contributed by atoms with Gasteiger partial charge in [-0.1, -0.05) is 20.8 Å². The average Bonchev–Trinajstić information content (AvgIpc) is 2.51. The molecule has 2 heterocycles. The summed E-state index contributed by atoms with van der Waals surface area (Å²) in [5, 5.41) is 20.7. The summed E-state index contributed by atoms with van der Waals surface area (Å²) in [6.07, 6.45) is -1.60. The summed E-state index contributed by atoms with van der Waals surface area (Å²) >= 11 is 0. The highest BCUT2D eigenvalue weighted by molar-refractivity contribution is 5.98. The summed E-state index contributed by atoms with van der Waals surface area (Å²) in [7, 11) is 0. The first-order chi connectivity index (χ1) is 8.16. The fourth-order valence-corrected chi connectivity index (χ4v) is 2.30. The van der Waals surface area contributed by atoms with Gasteiger partial charge < -0.3 is 19.7 Å². The molecule has 0 bridgehead atoms. The van der Waals surface area contributed by atoms with Crippen LogP contribution in [0.1, 0.15) is 27.7 Å². The van der Waals surface area contributed by atoms with E-state index in [1.54, 1.807) is 20.8 Å². The first-order valence-corrected chi connectivity index (χ1v) is 5.80. The molecule has 1 saturated heterocycles. The summed E-state index contributed by atoms with van der Waals surface area (Å²) in [5.74, 6) is -2.35. The summed E-state index contributed by atoms with van der Waals surface area (Å²) in [4.78, 5) is 24.1. The maximum absolute atomic E-state index is 11.8. The number of fused-ring (bicyclic) bond motifs is 1. The molecule has 1 N–H and O–H groups in total. The van der Waals surface area contributed by atoms with Crippen LogP contribution in [0.15, 0.2) is 11.5 Å². The van der Waals surface area contributed by atoms with Crippen molar-refractivity contribution in [1.82, 2.24) is 4.90 Å². The molecular formula is C12H16NO5-. The quantitative estimate of drug-likeness (QED) is 0.651. The van der Waals surface area contributed by atoms with E-state index in [9.17, 15) is 19.8 Å². The fraction of sp³-hybridized carbons (Fsp3) is 0.667. The Bertz CT molecular complexity index is 446. The molecule has 2 aliphatic heterocycles. The van der Waals surface area contributed by atoms with E-state index in [4.69, 9.17) is 4.74 Å². The lowest BCUT2D eigenvalue weighted by atomic mass is 9.90. The van der Waals surface area contributed by atoms with E-state index in [2.05, 4.69) is 0 Å². The van der Waals surface area contributed by atoms with Crippen LogP contribution in [0.25, 0.3) is 0 Å². The Hall–Kier alpha value is -1.56. The zero-order valence-corrected chi connectivity index (χ0v) is 10.8. The summed E-state index contributed by atoms with van der Waals surface area (Å²) in [5.41, 5.74) is -0.759. The lowest BCUT2D eigenvalue weighted by Gasteiger charge is -2.43. The third-order valence-electron chi connectivity index (χ3n) is 3.17. The lowest BCUT2D eigenvalue weighted by molar-refractivity contribution is -0.302. The van der Waals surface area contributed by atoms with Crippen LogP contribution in [0, 0.1) is 11.3 Å². The van der Waals surface area contributed by atoms with E-state index >= 15 is 0 Å². The van der Waals surface area contributed by atoms with Crippen molar-refractivity contribution in [3.8, 4) is 0 Å². The second-order valence-corrected chi connectivity index (χ2v) is 5.70. The van der Waals surface area contributed by atoms with Gasteiger partial charge in [0, 0.05) is 5.41 Å². The minimum atomic E-state index is -1.43. The van der Waals surface area contributed by atoms with E-state index in [0.717, 1.165) is 4.90 Å². The second-order valence-electron chi connectivity index (χ2n) is 5.70. The number of carboxylic acids is 1. The molecule has 100 valence electrons. The number of hydrogen-bond donors (Lipinski definition) is 1. The Morgan fingerprint density at radius 1 is 1.50 bits per heavy atom. The second kappa shape index (κ2) is 3.71. The van der Waals surface area contributed by atoms with Gasteiger partial charge in [0.15, 0.2) is 6.23 Å². The molecule has 3 atom stereocenters. The number of aliphatic hydroxyl groups is 1. The topological polar surface area (TPSA) is 89.9 Å². The number of nitrogens with zero attached hydrogens (tertiary/aromatic N) is 1. The van der Waals surface area contributed by atoms with Crippen LogP contribution in [-0.2, 0) is 14.3 Å². The molecule has 18 heavy (non-hydrogen) atoms. The van der Waals surface area contributed by atoms with Gasteiger partial charge in [-0.2, -0.15) is 0 Å². The van der Waals surface area contributed by atoms with Crippen molar-refractivity contribution in [3.63, 3.8) is 0 Å². The minimum absolute atomic E-state index is 0.214. The predicted octanol–water partition coefficient (Wildman–Crippen LogP) is -0.810. The predicted molar refractivity (Wildman–Crippen MR) is 58.4 cm³/mol. The number of ether oxygens (including phenoxy) is 1. The van der Waals surface area contributed by atoms with Crippen LogP contribution in [0.4, 0.5) is 0 Å². The normalized spacial score (nSPS) is 28.7. The number of carbonyl (C=O) groups excluding carboxylic acids is 2. The van der Waals surface area contributed by atoms with Crippen LogP contribution >= 0.6 is 0 Å². The molecular weight excluding hydrogens is 238 g/mol. The Balaban J connectivity index is 2.39. The summed E-state index contributed by atoms with van der Waals surface area (Å²) in [6, 6.07) is 0. The van der Waals surface area contributed by atoms with E-state index in [1.807, 2.05) is 0 Å². The third-order valence-corrected chi connectivity index (χ3v) is 3.17. The van der Waals surface area contributed by atoms with Crippen molar-refractivity contribution in [3.05, 3.63) is 11.5 Å². The lowest BCUT2D eigenvalue weighted by Crippen LogP contribution is -2.63. The number of amides is 1. The van der Waals surface area contributed by atoms with Gasteiger partial charge in [-0.3, -0.25) is 9.69 Å². The van der Waals surface area contributed by atoms with E-state index < -0.39 is 35.5 Å². The molecule has 0 spiro atoms. The van der Waals surface area contributed by atoms with Gasteiger partial charge in [-0.05, 0) is 6.92 Å². The number of aliphatic hydroxyl groups excluding tert-OH is 1. The monoisotopic (exact) mass is 254 g/mol. The van der Waals surface area contributed by atoms with Crippen LogP contribution in [0.2, 0.25) is 0 Å². The van der Waals surface area contributed by atoms with Crippen molar-refractivity contribution in [1.29, 1.82) is 0 Å². The number of carbonyl (C=O) groups is 2. The number of allylic oxidation sites excluding steroid dienone is 1. The molecule has 1 amide bonds. The van der Waals surface area contributed by atoms with Gasteiger partial charge in [0.05, 0.1) is 12.1 Å². The highest BCUT2D eigenvalue weighted by Gasteiger charge is 2.58. The third kappa shape index (κ3) is 1.59. The standard InChI is InChI=1S/C12H17NO5/c1-5(14)6-9(15)13-7(11(16)17)8(12(2,3)4)18-10(6)13/h5-6,10,14H,1-4H3,(H,16,17)/p-1/t5-,6+,10-/m1/s1. The molecule has 1 fully saturated rings. The number of β-lactam (4-membered cyclic amide) rings is 1. The van der Waals surface area contributed by atoms with Crippen LogP contribution < -0.4 is 5.11 Å². The first-order valence-electron chi connectivity index (χ1n) is 5.80. The SMILES string of the molecule is C[C@@H](O)[C@H]1C(=O)N2C(C(=O)[O-])=C(C(C)(C)C)O[C@H]12.